The van der Waals surface area contributed by atoms with E-state index in [1.807, 2.05) is 0 Å². The molecule has 0 amide bonds. The fraction of sp³-hybridized carbons (Fsp3) is 0.455. The predicted molar refractivity (Wildman–Crippen MR) is 58.3 cm³/mol. The van der Waals surface area contributed by atoms with Crippen molar-refractivity contribution >= 4 is 11.9 Å². The molecule has 0 aliphatic carbocycles. The van der Waals surface area contributed by atoms with Crippen LogP contribution in [0.5, 0.6) is 0 Å². The lowest BCUT2D eigenvalue weighted by Gasteiger charge is -2.05. The van der Waals surface area contributed by atoms with Crippen molar-refractivity contribution in [3.05, 3.63) is 24.8 Å². The van der Waals surface area contributed by atoms with Crippen LogP contribution >= 0.6 is 0 Å². The van der Waals surface area contributed by atoms with Crippen molar-refractivity contribution in [2.45, 2.75) is 26.9 Å². The van der Waals surface area contributed by atoms with Gasteiger partial charge in [0, 0.05) is 11.6 Å². The highest BCUT2D eigenvalue weighted by molar-refractivity contribution is 5.87. The van der Waals surface area contributed by atoms with Gasteiger partial charge in [0.15, 0.2) is 0 Å². The minimum absolute atomic E-state index is 0.0470. The van der Waals surface area contributed by atoms with Gasteiger partial charge in [-0.3, -0.25) is 0 Å². The van der Waals surface area contributed by atoms with Crippen molar-refractivity contribution < 1.29 is 19.1 Å². The van der Waals surface area contributed by atoms with Gasteiger partial charge in [0.2, 0.25) is 0 Å². The fourth-order valence-electron chi connectivity index (χ4n) is 0.398. The molecular formula is C11H18O4. The Kier molecular flexibility index (Phi) is 9.52. The maximum Gasteiger partial charge on any atom is 0.333 e. The van der Waals surface area contributed by atoms with E-state index in [4.69, 9.17) is 4.74 Å². The summed E-state index contributed by atoms with van der Waals surface area (Å²) in [5.41, 5.74) is 0.448. The third-order valence-electron chi connectivity index (χ3n) is 1.06. The van der Waals surface area contributed by atoms with Gasteiger partial charge < -0.3 is 9.47 Å². The van der Waals surface area contributed by atoms with Crippen LogP contribution in [0.25, 0.3) is 0 Å². The smallest absolute Gasteiger partial charge is 0.333 e. The van der Waals surface area contributed by atoms with Gasteiger partial charge in [-0.15, -0.1) is 0 Å². The molecule has 0 aromatic rings. The molecule has 86 valence electrons. The molecule has 4 heteroatoms. The van der Waals surface area contributed by atoms with E-state index in [0.29, 0.717) is 5.57 Å². The lowest BCUT2D eigenvalue weighted by molar-refractivity contribution is -0.142. The lowest BCUT2D eigenvalue weighted by Crippen LogP contribution is -2.11. The molecule has 4 nitrogen and oxygen atoms in total. The second-order valence-electron chi connectivity index (χ2n) is 2.96. The molecule has 0 saturated heterocycles. The van der Waals surface area contributed by atoms with Crippen LogP contribution in [0.15, 0.2) is 24.8 Å². The van der Waals surface area contributed by atoms with E-state index in [9.17, 15) is 9.59 Å². The summed E-state index contributed by atoms with van der Waals surface area (Å²) in [7, 11) is 1.31. The molecular weight excluding hydrogens is 196 g/mol. The molecule has 0 atom stereocenters. The Balaban J connectivity index is 0. The number of carbonyl (C=O) groups is 2. The molecule has 0 heterocycles. The molecule has 0 spiro atoms. The molecule has 0 saturated carbocycles. The molecule has 0 fully saturated rings. The average Bonchev–Trinajstić information content (AvgIpc) is 2.16. The fourth-order valence-corrected chi connectivity index (χ4v) is 0.398. The van der Waals surface area contributed by atoms with Crippen molar-refractivity contribution in [1.29, 1.82) is 0 Å². The number of carbonyl (C=O) groups excluding carboxylic acids is 2. The largest absolute Gasteiger partial charge is 0.466 e. The number of rotatable bonds is 3. The first kappa shape index (κ1) is 15.9. The Bertz CT molecular complexity index is 241. The standard InChI is InChI=1S/C7H12O2.C4H6O2/c1-5(2)7(8)9-6(3)4;1-3-4(5)6-2/h6H,1H2,2-4H3;3H,1H2,2H3. The van der Waals surface area contributed by atoms with Crippen LogP contribution in [0.2, 0.25) is 0 Å². The van der Waals surface area contributed by atoms with Crippen LogP contribution in [0.1, 0.15) is 20.8 Å². The second kappa shape index (κ2) is 8.99. The third-order valence-corrected chi connectivity index (χ3v) is 1.06. The van der Waals surface area contributed by atoms with Gasteiger partial charge in [0.05, 0.1) is 13.2 Å². The first-order valence-electron chi connectivity index (χ1n) is 4.42. The Morgan fingerprint density at radius 3 is 1.87 bits per heavy atom. The van der Waals surface area contributed by atoms with Gasteiger partial charge >= 0.3 is 11.9 Å². The first-order valence-corrected chi connectivity index (χ1v) is 4.42. The minimum atomic E-state index is -0.394. The molecule has 0 aromatic heterocycles. The van der Waals surface area contributed by atoms with Crippen molar-refractivity contribution in [2.24, 2.45) is 0 Å². The van der Waals surface area contributed by atoms with E-state index in [1.165, 1.54) is 7.11 Å². The Morgan fingerprint density at radius 2 is 1.80 bits per heavy atom. The maximum absolute atomic E-state index is 10.6. The molecule has 0 bridgehead atoms. The summed E-state index contributed by atoms with van der Waals surface area (Å²) in [6.45, 7) is 11.8. The number of esters is 2. The van der Waals surface area contributed by atoms with E-state index in [1.54, 1.807) is 20.8 Å². The van der Waals surface area contributed by atoms with E-state index < -0.39 is 5.97 Å². The van der Waals surface area contributed by atoms with Crippen molar-refractivity contribution in [1.82, 2.24) is 0 Å². The Morgan fingerprint density at radius 1 is 1.33 bits per heavy atom. The molecule has 15 heavy (non-hydrogen) atoms. The molecule has 0 rings (SSSR count). The normalized spacial score (nSPS) is 8.33. The highest BCUT2D eigenvalue weighted by Gasteiger charge is 2.03. The van der Waals surface area contributed by atoms with Gasteiger partial charge in [0.1, 0.15) is 0 Å². The van der Waals surface area contributed by atoms with E-state index in [2.05, 4.69) is 17.9 Å². The zero-order valence-corrected chi connectivity index (χ0v) is 9.70. The molecule has 0 aliphatic rings. The van der Waals surface area contributed by atoms with Crippen LogP contribution < -0.4 is 0 Å². The monoisotopic (exact) mass is 214 g/mol. The topological polar surface area (TPSA) is 52.6 Å². The Labute approximate surface area is 90.6 Å². The summed E-state index contributed by atoms with van der Waals surface area (Å²) in [5, 5.41) is 0. The van der Waals surface area contributed by atoms with E-state index >= 15 is 0 Å². The maximum atomic E-state index is 10.6. The van der Waals surface area contributed by atoms with Gasteiger partial charge in [-0.2, -0.15) is 0 Å². The van der Waals surface area contributed by atoms with Crippen LogP contribution in [0, 0.1) is 0 Å². The van der Waals surface area contributed by atoms with Gasteiger partial charge in [-0.05, 0) is 20.8 Å². The van der Waals surface area contributed by atoms with Crippen molar-refractivity contribution in [3.63, 3.8) is 0 Å². The Hall–Kier alpha value is -1.58. The lowest BCUT2D eigenvalue weighted by atomic mass is 10.3. The molecule has 0 aliphatic heterocycles. The van der Waals surface area contributed by atoms with Crippen LogP contribution in [-0.2, 0) is 19.1 Å². The van der Waals surface area contributed by atoms with Gasteiger partial charge in [-0.25, -0.2) is 9.59 Å². The molecule has 0 N–H and O–H groups in total. The van der Waals surface area contributed by atoms with Crippen LogP contribution in [0.4, 0.5) is 0 Å². The summed E-state index contributed by atoms with van der Waals surface area (Å²) >= 11 is 0. The summed E-state index contributed by atoms with van der Waals surface area (Å²) in [6, 6.07) is 0. The SMILES string of the molecule is C=C(C)C(=O)OC(C)C.C=CC(=O)OC. The van der Waals surface area contributed by atoms with Crippen LogP contribution in [0.3, 0.4) is 0 Å². The zero-order valence-electron chi connectivity index (χ0n) is 9.70. The summed E-state index contributed by atoms with van der Waals surface area (Å²) in [6.07, 6.45) is 1.06. The zero-order chi connectivity index (χ0) is 12.4. The van der Waals surface area contributed by atoms with E-state index in [0.717, 1.165) is 6.08 Å². The van der Waals surface area contributed by atoms with Gasteiger partial charge in [-0.1, -0.05) is 13.2 Å². The third kappa shape index (κ3) is 12.4. The van der Waals surface area contributed by atoms with Crippen molar-refractivity contribution in [2.75, 3.05) is 7.11 Å². The summed E-state index contributed by atoms with van der Waals surface area (Å²) < 4.78 is 8.92. The average molecular weight is 214 g/mol. The number of hydrogen-bond acceptors (Lipinski definition) is 4. The summed E-state index contributed by atoms with van der Waals surface area (Å²) in [5.74, 6) is -0.708. The second-order valence-corrected chi connectivity index (χ2v) is 2.96. The highest BCUT2D eigenvalue weighted by Crippen LogP contribution is 1.95. The predicted octanol–water partition coefficient (Wildman–Crippen LogP) is 1.86. The van der Waals surface area contributed by atoms with Crippen LogP contribution in [-0.4, -0.2) is 25.2 Å². The molecule has 0 aromatic carbocycles. The number of ether oxygens (including phenoxy) is 2. The number of hydrogen-bond donors (Lipinski definition) is 0. The quantitative estimate of drug-likeness (QED) is 0.531. The summed E-state index contributed by atoms with van der Waals surface area (Å²) in [4.78, 5) is 20.5. The number of methoxy groups -OCH3 is 1. The molecule has 0 unspecified atom stereocenters. The highest BCUT2D eigenvalue weighted by atomic mass is 16.5. The van der Waals surface area contributed by atoms with E-state index in [-0.39, 0.29) is 12.1 Å². The first-order chi connectivity index (χ1) is 6.84. The van der Waals surface area contributed by atoms with Crippen molar-refractivity contribution in [3.8, 4) is 0 Å². The van der Waals surface area contributed by atoms with Gasteiger partial charge in [0.25, 0.3) is 0 Å². The molecule has 0 radical (unpaired) electrons. The minimum Gasteiger partial charge on any atom is -0.466 e.